The molecule has 1 saturated heterocycles. The van der Waals surface area contributed by atoms with Crippen LogP contribution in [0, 0.1) is 11.8 Å². The fourth-order valence-electron chi connectivity index (χ4n) is 2.32. The number of amides is 1. The Balaban J connectivity index is 2.08. The third-order valence-electron chi connectivity index (χ3n) is 3.66. The molecule has 1 amide bonds. The lowest BCUT2D eigenvalue weighted by atomic mass is 9.95. The molecule has 0 radical (unpaired) electrons. The fraction of sp³-hybridized carbons (Fsp3) is 0.500. The van der Waals surface area contributed by atoms with Gasteiger partial charge in [0.2, 0.25) is 5.91 Å². The number of nitrogens with zero attached hydrogens (tertiary/aromatic N) is 1. The molecule has 2 rings (SSSR count). The highest BCUT2D eigenvalue weighted by atomic mass is 79.9. The zero-order valence-corrected chi connectivity index (χ0v) is 12.4. The Morgan fingerprint density at radius 2 is 2.22 bits per heavy atom. The number of nitrogen functional groups attached to an aromatic ring is 1. The van der Waals surface area contributed by atoms with Crippen molar-refractivity contribution in [3.63, 3.8) is 0 Å². The number of hydrogen-bond acceptors (Lipinski definition) is 2. The summed E-state index contributed by atoms with van der Waals surface area (Å²) >= 11 is 3.39. The van der Waals surface area contributed by atoms with E-state index in [1.165, 1.54) is 0 Å². The Hall–Kier alpha value is -1.03. The summed E-state index contributed by atoms with van der Waals surface area (Å²) in [7, 11) is 0. The molecule has 98 valence electrons. The summed E-state index contributed by atoms with van der Waals surface area (Å²) in [6, 6.07) is 5.83. The minimum atomic E-state index is 0.246. The summed E-state index contributed by atoms with van der Waals surface area (Å²) < 4.78 is 0.969. The predicted octanol–water partition coefficient (Wildman–Crippen LogP) is 3.04. The van der Waals surface area contributed by atoms with E-state index < -0.39 is 0 Å². The van der Waals surface area contributed by atoms with E-state index >= 15 is 0 Å². The summed E-state index contributed by atoms with van der Waals surface area (Å²) in [5.41, 5.74) is 7.74. The molecule has 2 N–H and O–H groups in total. The molecule has 1 fully saturated rings. The normalized spacial score (nSPS) is 19.9. The molecular formula is C14H19BrN2O. The Morgan fingerprint density at radius 3 is 2.78 bits per heavy atom. The Bertz CT molecular complexity index is 459. The third-order valence-corrected chi connectivity index (χ3v) is 4.15. The number of likely N-dealkylation sites (tertiary alicyclic amines) is 1. The van der Waals surface area contributed by atoms with Crippen molar-refractivity contribution >= 4 is 27.5 Å². The lowest BCUT2D eigenvalue weighted by Crippen LogP contribution is -2.25. The van der Waals surface area contributed by atoms with Crippen LogP contribution < -0.4 is 5.73 Å². The SMILES string of the molecule is CC(C)C1CC(=O)N(Cc2ccc(Br)cc2N)C1. The highest BCUT2D eigenvalue weighted by Crippen LogP contribution is 2.27. The number of rotatable bonds is 3. The van der Waals surface area contributed by atoms with Gasteiger partial charge in [-0.2, -0.15) is 0 Å². The molecule has 1 aromatic carbocycles. The molecule has 1 aliphatic heterocycles. The summed E-state index contributed by atoms with van der Waals surface area (Å²) in [6.45, 7) is 5.83. The molecule has 1 unspecified atom stereocenters. The van der Waals surface area contributed by atoms with E-state index in [4.69, 9.17) is 5.73 Å². The van der Waals surface area contributed by atoms with Crippen molar-refractivity contribution < 1.29 is 4.79 Å². The van der Waals surface area contributed by atoms with Crippen molar-refractivity contribution in [2.75, 3.05) is 12.3 Å². The predicted molar refractivity (Wildman–Crippen MR) is 76.9 cm³/mol. The lowest BCUT2D eigenvalue weighted by Gasteiger charge is -2.19. The van der Waals surface area contributed by atoms with Gasteiger partial charge >= 0.3 is 0 Å². The average Bonchev–Trinajstić information content (AvgIpc) is 2.64. The molecular weight excluding hydrogens is 292 g/mol. The lowest BCUT2D eigenvalue weighted by molar-refractivity contribution is -0.128. The quantitative estimate of drug-likeness (QED) is 0.872. The van der Waals surface area contributed by atoms with Crippen LogP contribution in [0.3, 0.4) is 0 Å². The van der Waals surface area contributed by atoms with E-state index in [0.717, 1.165) is 22.3 Å². The number of carbonyl (C=O) groups excluding carboxylic acids is 1. The maximum Gasteiger partial charge on any atom is 0.223 e. The molecule has 0 spiro atoms. The van der Waals surface area contributed by atoms with Crippen LogP contribution in [0.15, 0.2) is 22.7 Å². The van der Waals surface area contributed by atoms with Gasteiger partial charge in [0.15, 0.2) is 0 Å². The van der Waals surface area contributed by atoms with Gasteiger partial charge in [-0.1, -0.05) is 35.8 Å². The topological polar surface area (TPSA) is 46.3 Å². The summed E-state index contributed by atoms with van der Waals surface area (Å²) in [5, 5.41) is 0. The second kappa shape index (κ2) is 5.31. The number of hydrogen-bond donors (Lipinski definition) is 1. The number of nitrogens with two attached hydrogens (primary N) is 1. The van der Waals surface area contributed by atoms with Crippen LogP contribution in [0.2, 0.25) is 0 Å². The Labute approximate surface area is 116 Å². The van der Waals surface area contributed by atoms with Gasteiger partial charge in [-0.3, -0.25) is 4.79 Å². The van der Waals surface area contributed by atoms with Crippen LogP contribution in [-0.4, -0.2) is 17.4 Å². The van der Waals surface area contributed by atoms with Gasteiger partial charge < -0.3 is 10.6 Å². The number of benzene rings is 1. The van der Waals surface area contributed by atoms with Gasteiger partial charge in [0.05, 0.1) is 0 Å². The van der Waals surface area contributed by atoms with Gasteiger partial charge in [-0.25, -0.2) is 0 Å². The minimum Gasteiger partial charge on any atom is -0.398 e. The van der Waals surface area contributed by atoms with E-state index in [0.29, 0.717) is 24.8 Å². The van der Waals surface area contributed by atoms with Crippen LogP contribution in [0.25, 0.3) is 0 Å². The number of halogens is 1. The maximum atomic E-state index is 11.9. The van der Waals surface area contributed by atoms with Crippen LogP contribution in [0.4, 0.5) is 5.69 Å². The molecule has 3 nitrogen and oxygen atoms in total. The highest BCUT2D eigenvalue weighted by Gasteiger charge is 2.31. The molecule has 1 atom stereocenters. The molecule has 1 aliphatic rings. The van der Waals surface area contributed by atoms with Crippen molar-refractivity contribution in [3.8, 4) is 0 Å². The molecule has 1 aromatic rings. The average molecular weight is 311 g/mol. The van der Waals surface area contributed by atoms with Crippen LogP contribution >= 0.6 is 15.9 Å². The molecule has 0 aliphatic carbocycles. The smallest absolute Gasteiger partial charge is 0.223 e. The van der Waals surface area contributed by atoms with E-state index in [-0.39, 0.29) is 5.91 Å². The first kappa shape index (κ1) is 13.4. The van der Waals surface area contributed by atoms with E-state index in [1.807, 2.05) is 23.1 Å². The molecule has 0 aromatic heterocycles. The zero-order valence-electron chi connectivity index (χ0n) is 10.8. The Morgan fingerprint density at radius 1 is 1.50 bits per heavy atom. The second-order valence-corrected chi connectivity index (χ2v) is 6.24. The van der Waals surface area contributed by atoms with Crippen molar-refractivity contribution in [1.29, 1.82) is 0 Å². The first-order valence-electron chi connectivity index (χ1n) is 6.29. The standard InChI is InChI=1S/C14H19BrN2O/c1-9(2)11-5-14(18)17(8-11)7-10-3-4-12(15)6-13(10)16/h3-4,6,9,11H,5,7-8,16H2,1-2H3. The maximum absolute atomic E-state index is 11.9. The van der Waals surface area contributed by atoms with E-state index in [1.54, 1.807) is 0 Å². The largest absolute Gasteiger partial charge is 0.398 e. The minimum absolute atomic E-state index is 0.246. The van der Waals surface area contributed by atoms with Crippen molar-refractivity contribution in [2.45, 2.75) is 26.8 Å². The molecule has 18 heavy (non-hydrogen) atoms. The van der Waals surface area contributed by atoms with Gasteiger partial charge in [0, 0.05) is 29.7 Å². The van der Waals surface area contributed by atoms with Gasteiger partial charge in [-0.15, -0.1) is 0 Å². The van der Waals surface area contributed by atoms with Gasteiger partial charge in [0.25, 0.3) is 0 Å². The van der Waals surface area contributed by atoms with Crippen LogP contribution in [0.1, 0.15) is 25.8 Å². The summed E-state index contributed by atoms with van der Waals surface area (Å²) in [6.07, 6.45) is 0.675. The molecule has 1 heterocycles. The molecule has 4 heteroatoms. The number of anilines is 1. The van der Waals surface area contributed by atoms with Crippen LogP contribution in [0.5, 0.6) is 0 Å². The van der Waals surface area contributed by atoms with E-state index in [2.05, 4.69) is 29.8 Å². The third kappa shape index (κ3) is 2.86. The van der Waals surface area contributed by atoms with Crippen molar-refractivity contribution in [3.05, 3.63) is 28.2 Å². The molecule has 0 saturated carbocycles. The van der Waals surface area contributed by atoms with E-state index in [9.17, 15) is 4.79 Å². The van der Waals surface area contributed by atoms with Crippen molar-refractivity contribution in [1.82, 2.24) is 4.90 Å². The number of carbonyl (C=O) groups is 1. The monoisotopic (exact) mass is 310 g/mol. The first-order valence-corrected chi connectivity index (χ1v) is 7.08. The van der Waals surface area contributed by atoms with Gasteiger partial charge in [0.1, 0.15) is 0 Å². The zero-order chi connectivity index (χ0) is 13.3. The highest BCUT2D eigenvalue weighted by molar-refractivity contribution is 9.10. The first-order chi connectivity index (χ1) is 8.47. The van der Waals surface area contributed by atoms with Crippen LogP contribution in [-0.2, 0) is 11.3 Å². The summed E-state index contributed by atoms with van der Waals surface area (Å²) in [5.74, 6) is 1.28. The Kier molecular flexibility index (Phi) is 3.95. The van der Waals surface area contributed by atoms with Gasteiger partial charge in [-0.05, 0) is 29.5 Å². The molecule has 0 bridgehead atoms. The van der Waals surface area contributed by atoms with Crippen molar-refractivity contribution in [2.24, 2.45) is 11.8 Å². The summed E-state index contributed by atoms with van der Waals surface area (Å²) in [4.78, 5) is 13.9. The fourth-order valence-corrected chi connectivity index (χ4v) is 2.70. The second-order valence-electron chi connectivity index (χ2n) is 5.33.